The fourth-order valence-corrected chi connectivity index (χ4v) is 1.08. The third kappa shape index (κ3) is 1.93. The molecule has 0 N–H and O–H groups in total. The van der Waals surface area contributed by atoms with Crippen LogP contribution in [0.1, 0.15) is 13.0 Å². The van der Waals surface area contributed by atoms with Gasteiger partial charge in [-0.2, -0.15) is 0 Å². The summed E-state index contributed by atoms with van der Waals surface area (Å²) in [6.07, 6.45) is 1.33. The number of aromatic nitrogens is 2. The highest BCUT2D eigenvalue weighted by Crippen LogP contribution is 2.16. The van der Waals surface area contributed by atoms with Crippen molar-refractivity contribution in [2.45, 2.75) is 14.4 Å². The van der Waals surface area contributed by atoms with Crippen LogP contribution in [0.2, 0.25) is 0 Å². The van der Waals surface area contributed by atoms with Crippen molar-refractivity contribution in [2.24, 2.45) is 0 Å². The summed E-state index contributed by atoms with van der Waals surface area (Å²) < 4.78 is 5.05. The molecular weight excluding hydrogens is 165 g/mol. The van der Waals surface area contributed by atoms with E-state index < -0.39 is 0 Å². The highest BCUT2D eigenvalue weighted by molar-refractivity contribution is 5.53. The third-order valence-electron chi connectivity index (χ3n) is 1.63. The van der Waals surface area contributed by atoms with E-state index in [0.717, 1.165) is 5.56 Å². The van der Waals surface area contributed by atoms with Crippen molar-refractivity contribution in [1.82, 2.24) is 10.2 Å². The number of aryl methyl sites for hydroxylation is 1. The van der Waals surface area contributed by atoms with E-state index in [4.69, 9.17) is 4.42 Å². The predicted octanol–water partition coefficient (Wildman–Crippen LogP) is 2.68. The van der Waals surface area contributed by atoms with Crippen LogP contribution in [0.4, 0.5) is 0 Å². The van der Waals surface area contributed by atoms with E-state index >= 15 is 0 Å². The quantitative estimate of drug-likeness (QED) is 0.628. The van der Waals surface area contributed by atoms with Crippen LogP contribution in [0.15, 0.2) is 35.1 Å². The van der Waals surface area contributed by atoms with Crippen molar-refractivity contribution in [3.05, 3.63) is 36.2 Å². The second-order valence-corrected chi connectivity index (χ2v) is 2.61. The fourth-order valence-electron chi connectivity index (χ4n) is 1.08. The molecule has 2 rings (SSSR count). The van der Waals surface area contributed by atoms with Gasteiger partial charge in [0.25, 0.3) is 0 Å². The van der Waals surface area contributed by atoms with Gasteiger partial charge in [-0.3, -0.25) is 0 Å². The number of hydrogen-bond acceptors (Lipinski definition) is 3. The first-order valence-corrected chi connectivity index (χ1v) is 3.69. The number of hydrogen-bond donors (Lipinski definition) is 0. The first-order chi connectivity index (χ1) is 5.86. The first-order valence-electron chi connectivity index (χ1n) is 3.69. The molecule has 1 aromatic heterocycles. The van der Waals surface area contributed by atoms with Crippen molar-refractivity contribution < 1.29 is 4.42 Å². The topological polar surface area (TPSA) is 38.9 Å². The van der Waals surface area contributed by atoms with Gasteiger partial charge in [0.2, 0.25) is 12.3 Å². The lowest BCUT2D eigenvalue weighted by Gasteiger charge is -1.94. The Hall–Kier alpha value is -1.64. The molecule has 2 aromatic rings. The summed E-state index contributed by atoms with van der Waals surface area (Å²) in [6.45, 7) is 2.03. The second kappa shape index (κ2) is 3.85. The van der Waals surface area contributed by atoms with Crippen molar-refractivity contribution in [3.8, 4) is 11.5 Å². The first kappa shape index (κ1) is 9.45. The highest BCUT2D eigenvalue weighted by Gasteiger charge is 2.01. The van der Waals surface area contributed by atoms with E-state index in [1.807, 2.05) is 31.2 Å². The number of rotatable bonds is 1. The van der Waals surface area contributed by atoms with Crippen LogP contribution in [0, 0.1) is 6.92 Å². The van der Waals surface area contributed by atoms with Crippen LogP contribution in [-0.2, 0) is 0 Å². The molecule has 0 radical (unpaired) electrons. The van der Waals surface area contributed by atoms with E-state index in [0.29, 0.717) is 5.89 Å². The minimum absolute atomic E-state index is 0. The van der Waals surface area contributed by atoms with Crippen LogP contribution in [0.25, 0.3) is 11.5 Å². The van der Waals surface area contributed by atoms with Crippen molar-refractivity contribution in [1.29, 1.82) is 0 Å². The lowest BCUT2D eigenvalue weighted by molar-refractivity contribution is 0.568. The molecule has 1 heterocycles. The summed E-state index contributed by atoms with van der Waals surface area (Å²) in [6, 6.07) is 7.95. The van der Waals surface area contributed by atoms with Gasteiger partial charge in [0.05, 0.1) is 0 Å². The lowest BCUT2D eigenvalue weighted by Crippen LogP contribution is -1.78. The van der Waals surface area contributed by atoms with Crippen LogP contribution >= 0.6 is 0 Å². The van der Waals surface area contributed by atoms with Crippen LogP contribution < -0.4 is 0 Å². The van der Waals surface area contributed by atoms with Crippen molar-refractivity contribution in [2.75, 3.05) is 0 Å². The van der Waals surface area contributed by atoms with Crippen LogP contribution in [0.5, 0.6) is 0 Å². The van der Waals surface area contributed by atoms with E-state index in [2.05, 4.69) is 10.2 Å². The molecule has 0 aliphatic rings. The zero-order valence-corrected chi connectivity index (χ0v) is 6.69. The van der Waals surface area contributed by atoms with Crippen molar-refractivity contribution in [3.63, 3.8) is 0 Å². The molecule has 0 unspecified atom stereocenters. The molecule has 0 bridgehead atoms. The van der Waals surface area contributed by atoms with Crippen LogP contribution in [-0.4, -0.2) is 10.2 Å². The monoisotopic (exact) mass is 177 g/mol. The molecule has 1 aromatic carbocycles. The van der Waals surface area contributed by atoms with Crippen LogP contribution in [0.3, 0.4) is 0 Å². The molecule has 0 spiro atoms. The van der Waals surface area contributed by atoms with Gasteiger partial charge in [0.15, 0.2) is 0 Å². The number of benzene rings is 1. The Labute approximate surface area is 77.4 Å². The zero-order chi connectivity index (χ0) is 8.39. The van der Waals surface area contributed by atoms with Gasteiger partial charge in [-0.05, 0) is 19.1 Å². The Morgan fingerprint density at radius 2 is 2.15 bits per heavy atom. The Kier molecular flexibility index (Phi) is 2.80. The van der Waals surface area contributed by atoms with Gasteiger partial charge < -0.3 is 4.42 Å². The molecule has 3 nitrogen and oxygen atoms in total. The predicted molar refractivity (Wildman–Crippen MR) is 51.2 cm³/mol. The Morgan fingerprint density at radius 3 is 2.77 bits per heavy atom. The molecular formula is C10H12N2O. The average Bonchev–Trinajstić information content (AvgIpc) is 2.56. The number of nitrogens with zero attached hydrogens (tertiary/aromatic N) is 2. The van der Waals surface area contributed by atoms with Gasteiger partial charge in [0.1, 0.15) is 0 Å². The maximum atomic E-state index is 5.05. The molecule has 3 heteroatoms. The summed E-state index contributed by atoms with van der Waals surface area (Å²) in [5, 5.41) is 7.42. The zero-order valence-electron chi connectivity index (χ0n) is 6.69. The van der Waals surface area contributed by atoms with E-state index in [1.54, 1.807) is 0 Å². The Bertz CT molecular complexity index is 368. The van der Waals surface area contributed by atoms with Gasteiger partial charge >= 0.3 is 0 Å². The standard InChI is InChI=1S/C9H8N2O.CH4/c1-7-3-2-4-8(5-7)9-11-10-6-12-9;/h2-6H,1H3;1H4/i;1+1. The smallest absolute Gasteiger partial charge is 0.247 e. The van der Waals surface area contributed by atoms with E-state index in [-0.39, 0.29) is 7.43 Å². The fraction of sp³-hybridized carbons (Fsp3) is 0.200. The summed E-state index contributed by atoms with van der Waals surface area (Å²) in [7, 11) is 0. The molecule has 0 atom stereocenters. The molecule has 0 saturated heterocycles. The second-order valence-electron chi connectivity index (χ2n) is 2.61. The maximum Gasteiger partial charge on any atom is 0.247 e. The molecule has 0 aliphatic heterocycles. The Balaban J connectivity index is 0.000000845. The molecule has 0 fully saturated rings. The van der Waals surface area contributed by atoms with E-state index in [1.165, 1.54) is 12.0 Å². The third-order valence-corrected chi connectivity index (χ3v) is 1.63. The summed E-state index contributed by atoms with van der Waals surface area (Å²) in [5.74, 6) is 0.568. The Morgan fingerprint density at radius 1 is 1.31 bits per heavy atom. The minimum atomic E-state index is 0. The van der Waals surface area contributed by atoms with Gasteiger partial charge in [-0.1, -0.05) is 25.1 Å². The van der Waals surface area contributed by atoms with Gasteiger partial charge in [0, 0.05) is 5.56 Å². The lowest BCUT2D eigenvalue weighted by atomic mass is 10.1. The summed E-state index contributed by atoms with van der Waals surface area (Å²) in [5.41, 5.74) is 2.15. The average molecular weight is 177 g/mol. The normalized spacial score (nSPS) is 9.31. The summed E-state index contributed by atoms with van der Waals surface area (Å²) >= 11 is 0. The maximum absolute atomic E-state index is 5.05. The highest BCUT2D eigenvalue weighted by atomic mass is 16.4. The summed E-state index contributed by atoms with van der Waals surface area (Å²) in [4.78, 5) is 0. The van der Waals surface area contributed by atoms with Gasteiger partial charge in [-0.25, -0.2) is 0 Å². The molecule has 0 saturated carbocycles. The molecule has 0 aliphatic carbocycles. The molecule has 68 valence electrons. The molecule has 0 amide bonds. The largest absolute Gasteiger partial charge is 0.423 e. The minimum Gasteiger partial charge on any atom is -0.423 e. The van der Waals surface area contributed by atoms with Gasteiger partial charge in [-0.15, -0.1) is 10.2 Å². The van der Waals surface area contributed by atoms with Crippen molar-refractivity contribution >= 4 is 0 Å². The SMILES string of the molecule is Cc1cccc(-c2nnco2)c1.[13CH4]. The molecule has 13 heavy (non-hydrogen) atoms. The van der Waals surface area contributed by atoms with E-state index in [9.17, 15) is 0 Å².